The number of rotatable bonds is 3. The van der Waals surface area contributed by atoms with Crippen LogP contribution in [0.2, 0.25) is 0 Å². The third-order valence-corrected chi connectivity index (χ3v) is 2.71. The number of halogens is 7. The van der Waals surface area contributed by atoms with Gasteiger partial charge in [-0.3, -0.25) is 0 Å². The van der Waals surface area contributed by atoms with Crippen molar-refractivity contribution in [2.45, 2.75) is 6.18 Å². The van der Waals surface area contributed by atoms with Gasteiger partial charge in [-0.05, 0) is 29.8 Å². The lowest BCUT2D eigenvalue weighted by molar-refractivity contribution is -0.138. The third kappa shape index (κ3) is 3.35. The molecule has 0 aliphatic rings. The number of alkyl halides is 3. The zero-order valence-electron chi connectivity index (χ0n) is 11.2. The minimum Gasteiger partial charge on any atom is -0.447 e. The highest BCUT2D eigenvalue weighted by Gasteiger charge is 2.33. The molecule has 0 aliphatic heterocycles. The Morgan fingerprint density at radius 3 is 2.00 bits per heavy atom. The van der Waals surface area contributed by atoms with E-state index in [1.54, 1.807) is 0 Å². The number of azide groups is 1. The van der Waals surface area contributed by atoms with Gasteiger partial charge in [0.15, 0.2) is 29.0 Å². The molecule has 11 heteroatoms. The van der Waals surface area contributed by atoms with Gasteiger partial charge in [-0.15, -0.1) is 0 Å². The summed E-state index contributed by atoms with van der Waals surface area (Å²) < 4.78 is 96.1. The average Bonchev–Trinajstić information content (AvgIpc) is 2.48. The molecule has 0 atom stereocenters. The first-order valence-electron chi connectivity index (χ1n) is 5.92. The minimum atomic E-state index is -5.03. The maximum atomic E-state index is 13.7. The Bertz CT molecular complexity index is 821. The quantitative estimate of drug-likeness (QED) is 0.290. The van der Waals surface area contributed by atoms with E-state index in [0.29, 0.717) is 6.07 Å². The van der Waals surface area contributed by atoms with Crippen molar-refractivity contribution in [3.63, 3.8) is 0 Å². The fourth-order valence-corrected chi connectivity index (χ4v) is 1.67. The minimum absolute atomic E-state index is 0.0805. The summed E-state index contributed by atoms with van der Waals surface area (Å²) in [6, 6.07) is 1.16. The zero-order chi connectivity index (χ0) is 18.1. The molecule has 0 saturated heterocycles. The summed E-state index contributed by atoms with van der Waals surface area (Å²) in [5.74, 6) is -9.43. The highest BCUT2D eigenvalue weighted by molar-refractivity contribution is 5.54. The van der Waals surface area contributed by atoms with Crippen LogP contribution in [0.25, 0.3) is 10.4 Å². The van der Waals surface area contributed by atoms with E-state index in [1.165, 1.54) is 0 Å². The molecule has 0 N–H and O–H groups in total. The van der Waals surface area contributed by atoms with Crippen LogP contribution >= 0.6 is 0 Å². The van der Waals surface area contributed by atoms with Crippen LogP contribution in [0.1, 0.15) is 5.56 Å². The molecular formula is C13H4F7N3O. The fraction of sp³-hybridized carbons (Fsp3) is 0.0769. The van der Waals surface area contributed by atoms with Crippen LogP contribution in [0.3, 0.4) is 0 Å². The van der Waals surface area contributed by atoms with Gasteiger partial charge in [0, 0.05) is 4.91 Å². The summed E-state index contributed by atoms with van der Waals surface area (Å²) in [5, 5.41) is 2.94. The molecule has 0 heterocycles. The predicted octanol–water partition coefficient (Wildman–Crippen LogP) is 6.00. The van der Waals surface area contributed by atoms with Crippen LogP contribution in [-0.4, -0.2) is 0 Å². The summed E-state index contributed by atoms with van der Waals surface area (Å²) in [4.78, 5) is 2.29. The Kier molecular flexibility index (Phi) is 4.56. The van der Waals surface area contributed by atoms with Crippen molar-refractivity contribution in [1.82, 2.24) is 0 Å². The van der Waals surface area contributed by atoms with Crippen LogP contribution < -0.4 is 4.74 Å². The van der Waals surface area contributed by atoms with Crippen molar-refractivity contribution in [3.05, 3.63) is 63.5 Å². The van der Waals surface area contributed by atoms with E-state index in [4.69, 9.17) is 5.53 Å². The van der Waals surface area contributed by atoms with Gasteiger partial charge in [0.1, 0.15) is 0 Å². The fourth-order valence-electron chi connectivity index (χ4n) is 1.67. The van der Waals surface area contributed by atoms with E-state index >= 15 is 0 Å². The molecule has 2 aromatic rings. The maximum absolute atomic E-state index is 13.7. The van der Waals surface area contributed by atoms with Crippen LogP contribution in [0.15, 0.2) is 29.4 Å². The first kappa shape index (κ1) is 17.4. The standard InChI is InChI=1S/C13H4F7N3O/c14-6-1-2-9(22-23-21)12(10(6)17)24-11-7(15)3-5(4-8(11)16)13(18,19)20/h1-4H. The molecule has 0 aliphatic carbocycles. The molecule has 126 valence electrons. The van der Waals surface area contributed by atoms with Gasteiger partial charge in [0.2, 0.25) is 5.82 Å². The van der Waals surface area contributed by atoms with E-state index in [2.05, 4.69) is 14.8 Å². The lowest BCUT2D eigenvalue weighted by atomic mass is 10.2. The van der Waals surface area contributed by atoms with Crippen LogP contribution in [0.5, 0.6) is 11.5 Å². The van der Waals surface area contributed by atoms with Gasteiger partial charge in [-0.1, -0.05) is 5.11 Å². The van der Waals surface area contributed by atoms with Gasteiger partial charge in [0.25, 0.3) is 0 Å². The second-order valence-corrected chi connectivity index (χ2v) is 4.27. The molecule has 0 fully saturated rings. The smallest absolute Gasteiger partial charge is 0.416 e. The molecular weight excluding hydrogens is 347 g/mol. The second-order valence-electron chi connectivity index (χ2n) is 4.27. The monoisotopic (exact) mass is 351 g/mol. The van der Waals surface area contributed by atoms with E-state index in [-0.39, 0.29) is 12.1 Å². The van der Waals surface area contributed by atoms with Gasteiger partial charge in [-0.2, -0.15) is 17.6 Å². The summed E-state index contributed by atoms with van der Waals surface area (Å²) in [6.07, 6.45) is -5.03. The highest BCUT2D eigenvalue weighted by Crippen LogP contribution is 2.39. The molecule has 2 aromatic carbocycles. The second kappa shape index (κ2) is 6.28. The van der Waals surface area contributed by atoms with Crippen LogP contribution in [-0.2, 0) is 6.18 Å². The van der Waals surface area contributed by atoms with E-state index < -0.39 is 52.2 Å². The molecule has 2 rings (SSSR count). The van der Waals surface area contributed by atoms with Gasteiger partial charge in [0.05, 0.1) is 11.3 Å². The Morgan fingerprint density at radius 1 is 0.917 bits per heavy atom. The number of ether oxygens (including phenoxy) is 1. The first-order valence-corrected chi connectivity index (χ1v) is 5.92. The van der Waals surface area contributed by atoms with E-state index in [9.17, 15) is 30.7 Å². The van der Waals surface area contributed by atoms with Crippen molar-refractivity contribution in [1.29, 1.82) is 0 Å². The molecule has 0 spiro atoms. The molecule has 0 saturated carbocycles. The van der Waals surface area contributed by atoms with Gasteiger partial charge in [-0.25, -0.2) is 13.2 Å². The van der Waals surface area contributed by atoms with Crippen molar-refractivity contribution in [2.24, 2.45) is 5.11 Å². The lowest BCUT2D eigenvalue weighted by Gasteiger charge is -2.13. The van der Waals surface area contributed by atoms with Gasteiger partial charge < -0.3 is 4.74 Å². The Labute approximate surface area is 128 Å². The first-order chi connectivity index (χ1) is 11.1. The number of hydrogen-bond donors (Lipinski definition) is 0. The topological polar surface area (TPSA) is 58.0 Å². The summed E-state index contributed by atoms with van der Waals surface area (Å²) in [6.45, 7) is 0. The van der Waals surface area contributed by atoms with Crippen LogP contribution in [0, 0.1) is 23.3 Å². The molecule has 0 aromatic heterocycles. The SMILES string of the molecule is [N-]=[N+]=Nc1ccc(F)c(F)c1Oc1c(F)cc(C(F)(F)F)cc1F. The molecule has 0 unspecified atom stereocenters. The largest absolute Gasteiger partial charge is 0.447 e. The molecule has 0 amide bonds. The van der Waals surface area contributed by atoms with Crippen molar-refractivity contribution < 1.29 is 35.5 Å². The van der Waals surface area contributed by atoms with E-state index in [1.807, 2.05) is 0 Å². The third-order valence-electron chi connectivity index (χ3n) is 2.71. The van der Waals surface area contributed by atoms with Crippen molar-refractivity contribution in [3.8, 4) is 11.5 Å². The molecule has 0 radical (unpaired) electrons. The lowest BCUT2D eigenvalue weighted by Crippen LogP contribution is -2.07. The molecule has 4 nitrogen and oxygen atoms in total. The average molecular weight is 351 g/mol. The number of nitrogens with zero attached hydrogens (tertiary/aromatic N) is 3. The zero-order valence-corrected chi connectivity index (χ0v) is 11.2. The summed E-state index contributed by atoms with van der Waals surface area (Å²) in [5.41, 5.74) is 6.02. The maximum Gasteiger partial charge on any atom is 0.416 e. The van der Waals surface area contributed by atoms with Gasteiger partial charge >= 0.3 is 6.18 Å². The Balaban J connectivity index is 2.57. The summed E-state index contributed by atoms with van der Waals surface area (Å²) >= 11 is 0. The number of benzene rings is 2. The Hall–Kier alpha value is -2.94. The normalized spacial score (nSPS) is 11.1. The van der Waals surface area contributed by atoms with Crippen molar-refractivity contribution in [2.75, 3.05) is 0 Å². The predicted molar refractivity (Wildman–Crippen MR) is 66.6 cm³/mol. The molecule has 0 bridgehead atoms. The molecule has 24 heavy (non-hydrogen) atoms. The van der Waals surface area contributed by atoms with E-state index in [0.717, 1.165) is 6.07 Å². The van der Waals surface area contributed by atoms with Crippen LogP contribution in [0.4, 0.5) is 36.4 Å². The highest BCUT2D eigenvalue weighted by atomic mass is 19.4. The van der Waals surface area contributed by atoms with Crippen molar-refractivity contribution >= 4 is 5.69 Å². The summed E-state index contributed by atoms with van der Waals surface area (Å²) in [7, 11) is 0. The number of hydrogen-bond acceptors (Lipinski definition) is 2. The Morgan fingerprint density at radius 2 is 1.50 bits per heavy atom.